The normalized spacial score (nSPS) is 12.4. The second-order valence-corrected chi connectivity index (χ2v) is 7.11. The largest absolute Gasteiger partial charge is 0.391 e. The second kappa shape index (κ2) is 8.78. The molecular formula is C21H23NOS. The Labute approximate surface area is 148 Å². The molecule has 3 rings (SSSR count). The third kappa shape index (κ3) is 5.31. The minimum Gasteiger partial charge on any atom is -0.391 e. The van der Waals surface area contributed by atoms with Crippen LogP contribution in [0.3, 0.4) is 0 Å². The van der Waals surface area contributed by atoms with E-state index in [2.05, 4.69) is 58.8 Å². The van der Waals surface area contributed by atoms with Crippen LogP contribution in [-0.2, 0) is 19.5 Å². The van der Waals surface area contributed by atoms with Gasteiger partial charge >= 0.3 is 0 Å². The van der Waals surface area contributed by atoms with E-state index in [4.69, 9.17) is 0 Å². The fourth-order valence-corrected chi connectivity index (χ4v) is 3.64. The van der Waals surface area contributed by atoms with E-state index in [0.717, 1.165) is 13.1 Å². The first-order valence-corrected chi connectivity index (χ1v) is 9.18. The van der Waals surface area contributed by atoms with E-state index in [9.17, 15) is 5.11 Å². The molecule has 1 heterocycles. The Morgan fingerprint density at radius 3 is 2.08 bits per heavy atom. The molecule has 2 nitrogen and oxygen atoms in total. The van der Waals surface area contributed by atoms with Crippen LogP contribution in [0.2, 0.25) is 0 Å². The summed E-state index contributed by atoms with van der Waals surface area (Å²) in [7, 11) is 0. The van der Waals surface area contributed by atoms with E-state index in [0.29, 0.717) is 13.0 Å². The Hall–Kier alpha value is -1.94. The predicted molar refractivity (Wildman–Crippen MR) is 101 cm³/mol. The van der Waals surface area contributed by atoms with Crippen LogP contribution in [0.15, 0.2) is 78.2 Å². The average Bonchev–Trinajstić information content (AvgIpc) is 3.09. The van der Waals surface area contributed by atoms with E-state index in [1.807, 2.05) is 24.3 Å². The predicted octanol–water partition coefficient (Wildman–Crippen LogP) is 4.35. The lowest BCUT2D eigenvalue weighted by Gasteiger charge is -2.25. The highest BCUT2D eigenvalue weighted by Gasteiger charge is 2.14. The fraction of sp³-hybridized carbons (Fsp3) is 0.238. The van der Waals surface area contributed by atoms with Gasteiger partial charge in [-0.2, -0.15) is 0 Å². The molecule has 0 unspecified atom stereocenters. The summed E-state index contributed by atoms with van der Waals surface area (Å²) in [6.07, 6.45) is 0.326. The van der Waals surface area contributed by atoms with Crippen molar-refractivity contribution in [2.45, 2.75) is 25.6 Å². The third-order valence-electron chi connectivity index (χ3n) is 3.99. The van der Waals surface area contributed by atoms with Gasteiger partial charge in [0.05, 0.1) is 6.10 Å². The van der Waals surface area contributed by atoms with E-state index in [-0.39, 0.29) is 6.10 Å². The van der Waals surface area contributed by atoms with Crippen molar-refractivity contribution >= 4 is 11.3 Å². The maximum Gasteiger partial charge on any atom is 0.0707 e. The number of aliphatic hydroxyl groups excluding tert-OH is 1. The van der Waals surface area contributed by atoms with Gasteiger partial charge in [0.15, 0.2) is 0 Å². The lowest BCUT2D eigenvalue weighted by molar-refractivity contribution is 0.105. The minimum atomic E-state index is -0.365. The van der Waals surface area contributed by atoms with Crippen molar-refractivity contribution in [2.24, 2.45) is 0 Å². The van der Waals surface area contributed by atoms with Crippen LogP contribution in [0, 0.1) is 0 Å². The summed E-state index contributed by atoms with van der Waals surface area (Å²) in [4.78, 5) is 3.66. The Balaban J connectivity index is 1.64. The molecular weight excluding hydrogens is 314 g/mol. The molecule has 0 bridgehead atoms. The van der Waals surface area contributed by atoms with Crippen molar-refractivity contribution in [3.05, 3.63) is 94.2 Å². The van der Waals surface area contributed by atoms with Crippen LogP contribution in [0.1, 0.15) is 16.0 Å². The minimum absolute atomic E-state index is 0.365. The summed E-state index contributed by atoms with van der Waals surface area (Å²) < 4.78 is 0. The maximum absolute atomic E-state index is 10.5. The molecule has 24 heavy (non-hydrogen) atoms. The van der Waals surface area contributed by atoms with Gasteiger partial charge in [-0.15, -0.1) is 11.3 Å². The molecule has 0 aliphatic rings. The van der Waals surface area contributed by atoms with Gasteiger partial charge in [-0.3, -0.25) is 4.90 Å². The third-order valence-corrected chi connectivity index (χ3v) is 4.85. The number of thiophene rings is 1. The molecule has 0 radical (unpaired) electrons. The van der Waals surface area contributed by atoms with Crippen molar-refractivity contribution < 1.29 is 5.11 Å². The van der Waals surface area contributed by atoms with Crippen LogP contribution < -0.4 is 0 Å². The topological polar surface area (TPSA) is 23.5 Å². The van der Waals surface area contributed by atoms with Gasteiger partial charge in [0.25, 0.3) is 0 Å². The smallest absolute Gasteiger partial charge is 0.0707 e. The molecule has 0 fully saturated rings. The van der Waals surface area contributed by atoms with Crippen LogP contribution in [-0.4, -0.2) is 22.7 Å². The lowest BCUT2D eigenvalue weighted by Crippen LogP contribution is -2.32. The summed E-state index contributed by atoms with van der Waals surface area (Å²) >= 11 is 1.77. The lowest BCUT2D eigenvalue weighted by atomic mass is 10.1. The molecule has 0 saturated heterocycles. The van der Waals surface area contributed by atoms with Crippen molar-refractivity contribution in [3.8, 4) is 0 Å². The molecule has 0 amide bonds. The van der Waals surface area contributed by atoms with Crippen LogP contribution in [0.5, 0.6) is 0 Å². The number of nitrogens with zero attached hydrogens (tertiary/aromatic N) is 1. The summed E-state index contributed by atoms with van der Waals surface area (Å²) in [6, 6.07) is 24.9. The van der Waals surface area contributed by atoms with E-state index in [1.165, 1.54) is 16.0 Å². The zero-order chi connectivity index (χ0) is 16.6. The maximum atomic E-state index is 10.5. The monoisotopic (exact) mass is 337 g/mol. The Bertz CT molecular complexity index is 697. The van der Waals surface area contributed by atoms with E-state index in [1.54, 1.807) is 11.3 Å². The van der Waals surface area contributed by atoms with E-state index < -0.39 is 0 Å². The molecule has 1 N–H and O–H groups in total. The highest BCUT2D eigenvalue weighted by molar-refractivity contribution is 7.09. The Morgan fingerprint density at radius 2 is 1.46 bits per heavy atom. The molecule has 3 heteroatoms. The van der Waals surface area contributed by atoms with Gasteiger partial charge in [0, 0.05) is 24.5 Å². The second-order valence-electron chi connectivity index (χ2n) is 6.08. The van der Waals surface area contributed by atoms with Gasteiger partial charge in [0.2, 0.25) is 0 Å². The van der Waals surface area contributed by atoms with Crippen LogP contribution in [0.4, 0.5) is 0 Å². The first-order chi connectivity index (χ1) is 11.8. The number of hydrogen-bond acceptors (Lipinski definition) is 3. The zero-order valence-electron chi connectivity index (χ0n) is 13.7. The first kappa shape index (κ1) is 16.9. The number of hydrogen-bond donors (Lipinski definition) is 1. The molecule has 124 valence electrons. The summed E-state index contributed by atoms with van der Waals surface area (Å²) in [5.41, 5.74) is 2.46. The summed E-state index contributed by atoms with van der Waals surface area (Å²) in [5.74, 6) is 0. The Kier molecular flexibility index (Phi) is 6.19. The van der Waals surface area contributed by atoms with Crippen molar-refractivity contribution in [2.75, 3.05) is 6.54 Å². The Morgan fingerprint density at radius 1 is 0.792 bits per heavy atom. The number of aliphatic hydroxyl groups is 1. The van der Waals surface area contributed by atoms with Crippen LogP contribution in [0.25, 0.3) is 0 Å². The standard InChI is InChI=1S/C21H23NOS/c23-20(14-18-8-3-1-4-9-18)16-22(17-21-12-7-13-24-21)15-19-10-5-2-6-11-19/h1-13,20,23H,14-17H2/t20-/m1/s1. The highest BCUT2D eigenvalue weighted by atomic mass is 32.1. The van der Waals surface area contributed by atoms with Gasteiger partial charge < -0.3 is 5.11 Å². The highest BCUT2D eigenvalue weighted by Crippen LogP contribution is 2.16. The van der Waals surface area contributed by atoms with Gasteiger partial charge in [-0.05, 0) is 29.0 Å². The van der Waals surface area contributed by atoms with Gasteiger partial charge in [-0.25, -0.2) is 0 Å². The van der Waals surface area contributed by atoms with E-state index >= 15 is 0 Å². The summed E-state index contributed by atoms with van der Waals surface area (Å²) in [6.45, 7) is 2.39. The molecule has 1 aromatic heterocycles. The molecule has 1 atom stereocenters. The average molecular weight is 337 g/mol. The van der Waals surface area contributed by atoms with Crippen molar-refractivity contribution in [1.29, 1.82) is 0 Å². The molecule has 0 saturated carbocycles. The summed E-state index contributed by atoms with van der Waals surface area (Å²) in [5, 5.41) is 12.6. The first-order valence-electron chi connectivity index (χ1n) is 8.30. The molecule has 2 aromatic carbocycles. The number of rotatable bonds is 8. The van der Waals surface area contributed by atoms with Gasteiger partial charge in [0.1, 0.15) is 0 Å². The van der Waals surface area contributed by atoms with Crippen LogP contribution >= 0.6 is 11.3 Å². The SMILES string of the molecule is O[C@H](Cc1ccccc1)CN(Cc1ccccc1)Cc1cccs1. The van der Waals surface area contributed by atoms with Crippen molar-refractivity contribution in [3.63, 3.8) is 0 Å². The molecule has 0 spiro atoms. The fourth-order valence-electron chi connectivity index (χ4n) is 2.90. The molecule has 0 aliphatic heterocycles. The molecule has 3 aromatic rings. The quantitative estimate of drug-likeness (QED) is 0.660. The molecule has 0 aliphatic carbocycles. The number of benzene rings is 2. The zero-order valence-corrected chi connectivity index (χ0v) is 14.5. The van der Waals surface area contributed by atoms with Crippen molar-refractivity contribution in [1.82, 2.24) is 4.90 Å². The van der Waals surface area contributed by atoms with Gasteiger partial charge in [-0.1, -0.05) is 66.7 Å².